The van der Waals surface area contributed by atoms with Crippen LogP contribution in [0.25, 0.3) is 0 Å². The SMILES string of the molecule is COC(=O)[C@@]1(C)CN[C@H](C(=O)OC(C)(C)C)C1. The van der Waals surface area contributed by atoms with Crippen molar-refractivity contribution < 1.29 is 19.1 Å². The summed E-state index contributed by atoms with van der Waals surface area (Å²) in [6.45, 7) is 7.68. The summed E-state index contributed by atoms with van der Waals surface area (Å²) in [5, 5.41) is 3.01. The molecule has 1 heterocycles. The van der Waals surface area contributed by atoms with E-state index in [9.17, 15) is 9.59 Å². The Labute approximate surface area is 102 Å². The third-order valence-electron chi connectivity index (χ3n) is 2.76. The Morgan fingerprint density at radius 3 is 2.41 bits per heavy atom. The van der Waals surface area contributed by atoms with Crippen molar-refractivity contribution in [2.75, 3.05) is 13.7 Å². The third-order valence-corrected chi connectivity index (χ3v) is 2.76. The van der Waals surface area contributed by atoms with E-state index in [4.69, 9.17) is 9.47 Å². The topological polar surface area (TPSA) is 64.6 Å². The highest BCUT2D eigenvalue weighted by Crippen LogP contribution is 2.30. The van der Waals surface area contributed by atoms with Gasteiger partial charge in [0.2, 0.25) is 0 Å². The van der Waals surface area contributed by atoms with E-state index in [1.54, 1.807) is 6.92 Å². The molecule has 0 aromatic carbocycles. The molecule has 0 unspecified atom stereocenters. The molecule has 0 aromatic heterocycles. The number of hydrogen-bond acceptors (Lipinski definition) is 5. The van der Waals surface area contributed by atoms with Gasteiger partial charge in [-0.3, -0.25) is 9.59 Å². The first-order valence-electron chi connectivity index (χ1n) is 5.73. The summed E-state index contributed by atoms with van der Waals surface area (Å²) in [7, 11) is 1.36. The molecule has 5 nitrogen and oxygen atoms in total. The lowest BCUT2D eigenvalue weighted by Crippen LogP contribution is -2.37. The average molecular weight is 243 g/mol. The first kappa shape index (κ1) is 14.0. The molecule has 17 heavy (non-hydrogen) atoms. The number of carbonyl (C=O) groups is 2. The smallest absolute Gasteiger partial charge is 0.323 e. The van der Waals surface area contributed by atoms with Gasteiger partial charge in [0.15, 0.2) is 0 Å². The number of ether oxygens (including phenoxy) is 2. The normalized spacial score (nSPS) is 28.9. The molecule has 0 saturated carbocycles. The maximum atomic E-state index is 11.8. The summed E-state index contributed by atoms with van der Waals surface area (Å²) in [6, 6.07) is -0.432. The molecular formula is C12H21NO4. The number of carbonyl (C=O) groups excluding carboxylic acids is 2. The number of hydrogen-bond donors (Lipinski definition) is 1. The number of esters is 2. The average Bonchev–Trinajstić information content (AvgIpc) is 2.58. The summed E-state index contributed by atoms with van der Waals surface area (Å²) in [6.07, 6.45) is 0.411. The van der Waals surface area contributed by atoms with Crippen molar-refractivity contribution in [2.45, 2.75) is 45.8 Å². The van der Waals surface area contributed by atoms with E-state index in [0.717, 1.165) is 0 Å². The number of rotatable bonds is 2. The van der Waals surface area contributed by atoms with Gasteiger partial charge in [-0.15, -0.1) is 0 Å². The molecule has 0 radical (unpaired) electrons. The molecule has 1 rings (SSSR count). The van der Waals surface area contributed by atoms with Gasteiger partial charge in [0, 0.05) is 6.54 Å². The second-order valence-electron chi connectivity index (χ2n) is 5.72. The van der Waals surface area contributed by atoms with Gasteiger partial charge in [0.1, 0.15) is 11.6 Å². The van der Waals surface area contributed by atoms with Crippen LogP contribution < -0.4 is 5.32 Å². The molecule has 0 bridgehead atoms. The van der Waals surface area contributed by atoms with Gasteiger partial charge in [-0.1, -0.05) is 0 Å². The molecular weight excluding hydrogens is 222 g/mol. The van der Waals surface area contributed by atoms with Gasteiger partial charge < -0.3 is 14.8 Å². The lowest BCUT2D eigenvalue weighted by Gasteiger charge is -2.23. The Balaban J connectivity index is 2.62. The van der Waals surface area contributed by atoms with Crippen LogP contribution in [-0.2, 0) is 19.1 Å². The minimum Gasteiger partial charge on any atom is -0.469 e. The van der Waals surface area contributed by atoms with Gasteiger partial charge >= 0.3 is 11.9 Å². The van der Waals surface area contributed by atoms with Crippen molar-refractivity contribution in [3.05, 3.63) is 0 Å². The van der Waals surface area contributed by atoms with Gasteiger partial charge in [0.05, 0.1) is 12.5 Å². The lowest BCUT2D eigenvalue weighted by molar-refractivity contribution is -0.157. The fourth-order valence-corrected chi connectivity index (χ4v) is 1.88. The summed E-state index contributed by atoms with van der Waals surface area (Å²) in [5.74, 6) is -0.610. The quantitative estimate of drug-likeness (QED) is 0.729. The Hall–Kier alpha value is -1.10. The number of nitrogens with one attached hydrogen (secondary N) is 1. The van der Waals surface area contributed by atoms with Crippen molar-refractivity contribution in [3.63, 3.8) is 0 Å². The maximum Gasteiger partial charge on any atom is 0.323 e. The molecule has 1 fully saturated rings. The zero-order chi connectivity index (χ0) is 13.3. The van der Waals surface area contributed by atoms with Gasteiger partial charge in [-0.25, -0.2) is 0 Å². The maximum absolute atomic E-state index is 11.8. The van der Waals surface area contributed by atoms with E-state index in [2.05, 4.69) is 5.32 Å². The highest BCUT2D eigenvalue weighted by atomic mass is 16.6. The first-order valence-corrected chi connectivity index (χ1v) is 5.73. The van der Waals surface area contributed by atoms with Crippen LogP contribution in [0.5, 0.6) is 0 Å². The Morgan fingerprint density at radius 2 is 1.94 bits per heavy atom. The highest BCUT2D eigenvalue weighted by Gasteiger charge is 2.45. The van der Waals surface area contributed by atoms with E-state index >= 15 is 0 Å². The van der Waals surface area contributed by atoms with E-state index < -0.39 is 17.1 Å². The van der Waals surface area contributed by atoms with Gasteiger partial charge in [-0.05, 0) is 34.1 Å². The van der Waals surface area contributed by atoms with Gasteiger partial charge in [-0.2, -0.15) is 0 Å². The molecule has 1 saturated heterocycles. The summed E-state index contributed by atoms with van der Waals surface area (Å²) < 4.78 is 10.0. The van der Waals surface area contributed by atoms with Crippen LogP contribution in [0.4, 0.5) is 0 Å². The van der Waals surface area contributed by atoms with Crippen molar-refractivity contribution in [3.8, 4) is 0 Å². The molecule has 0 spiro atoms. The van der Waals surface area contributed by atoms with Crippen molar-refractivity contribution >= 4 is 11.9 Å². The van der Waals surface area contributed by atoms with Crippen LogP contribution in [0.3, 0.4) is 0 Å². The molecule has 0 aromatic rings. The lowest BCUT2D eigenvalue weighted by atomic mass is 9.88. The molecule has 0 amide bonds. The largest absolute Gasteiger partial charge is 0.469 e. The van der Waals surface area contributed by atoms with E-state index in [0.29, 0.717) is 13.0 Å². The van der Waals surface area contributed by atoms with Crippen LogP contribution in [0.1, 0.15) is 34.1 Å². The second kappa shape index (κ2) is 4.64. The van der Waals surface area contributed by atoms with Crippen molar-refractivity contribution in [1.29, 1.82) is 0 Å². The molecule has 1 aliphatic rings. The molecule has 1 N–H and O–H groups in total. The zero-order valence-electron chi connectivity index (χ0n) is 11.1. The third kappa shape index (κ3) is 3.43. The van der Waals surface area contributed by atoms with Crippen molar-refractivity contribution in [2.24, 2.45) is 5.41 Å². The van der Waals surface area contributed by atoms with Crippen LogP contribution in [-0.4, -0.2) is 37.2 Å². The Morgan fingerprint density at radius 1 is 1.35 bits per heavy atom. The predicted molar refractivity (Wildman–Crippen MR) is 62.4 cm³/mol. The highest BCUT2D eigenvalue weighted by molar-refractivity contribution is 5.82. The van der Waals surface area contributed by atoms with Gasteiger partial charge in [0.25, 0.3) is 0 Å². The molecule has 5 heteroatoms. The van der Waals surface area contributed by atoms with E-state index in [-0.39, 0.29) is 11.9 Å². The monoisotopic (exact) mass is 243 g/mol. The first-order chi connectivity index (χ1) is 7.68. The summed E-state index contributed by atoms with van der Waals surface area (Å²) in [4.78, 5) is 23.4. The Bertz CT molecular complexity index is 321. The van der Waals surface area contributed by atoms with E-state index in [1.165, 1.54) is 7.11 Å². The minimum absolute atomic E-state index is 0.295. The molecule has 0 aliphatic carbocycles. The fraction of sp³-hybridized carbons (Fsp3) is 0.833. The molecule has 98 valence electrons. The van der Waals surface area contributed by atoms with Crippen LogP contribution >= 0.6 is 0 Å². The van der Waals surface area contributed by atoms with Crippen LogP contribution in [0.15, 0.2) is 0 Å². The van der Waals surface area contributed by atoms with Crippen molar-refractivity contribution in [1.82, 2.24) is 5.32 Å². The Kier molecular flexibility index (Phi) is 3.81. The number of methoxy groups -OCH3 is 1. The minimum atomic E-state index is -0.643. The van der Waals surface area contributed by atoms with Crippen LogP contribution in [0.2, 0.25) is 0 Å². The summed E-state index contributed by atoms with van der Waals surface area (Å²) >= 11 is 0. The van der Waals surface area contributed by atoms with Crippen LogP contribution in [0, 0.1) is 5.41 Å². The summed E-state index contributed by atoms with van der Waals surface area (Å²) in [5.41, 5.74) is -1.15. The zero-order valence-corrected chi connectivity index (χ0v) is 11.1. The molecule has 1 aliphatic heterocycles. The fourth-order valence-electron chi connectivity index (χ4n) is 1.88. The predicted octanol–water partition coefficient (Wildman–Crippen LogP) is 0.869. The van der Waals surface area contributed by atoms with E-state index in [1.807, 2.05) is 20.8 Å². The molecule has 2 atom stereocenters. The second-order valence-corrected chi connectivity index (χ2v) is 5.72. The standard InChI is InChI=1S/C12H21NO4/c1-11(2,3)17-9(14)8-6-12(4,7-13-8)10(15)16-5/h8,13H,6-7H2,1-5H3/t8-,12+/m0/s1.